The fourth-order valence-electron chi connectivity index (χ4n) is 4.53. The summed E-state index contributed by atoms with van der Waals surface area (Å²) in [6.07, 6.45) is 14.1. The first-order valence-corrected chi connectivity index (χ1v) is 14.3. The largest absolute Gasteiger partial charge is 0.628 e. The van der Waals surface area contributed by atoms with Crippen molar-refractivity contribution in [1.29, 1.82) is 0 Å². The van der Waals surface area contributed by atoms with E-state index in [1.165, 1.54) is 12.8 Å². The quantitative estimate of drug-likeness (QED) is 0.0892. The predicted molar refractivity (Wildman–Crippen MR) is 162 cm³/mol. The van der Waals surface area contributed by atoms with E-state index in [9.17, 15) is 10.4 Å². The topological polar surface area (TPSA) is 103 Å². The maximum atomic E-state index is 10.8. The van der Waals surface area contributed by atoms with Crippen LogP contribution < -0.4 is 24.6 Å². The van der Waals surface area contributed by atoms with E-state index in [1.54, 1.807) is 24.3 Å². The lowest BCUT2D eigenvalue weighted by Gasteiger charge is -2.24. The fourth-order valence-corrected chi connectivity index (χ4v) is 4.53. The Bertz CT molecular complexity index is 1350. The van der Waals surface area contributed by atoms with E-state index in [1.807, 2.05) is 56.6 Å². The number of imidazole rings is 1. The summed E-state index contributed by atoms with van der Waals surface area (Å²) in [5.74, 6) is 0.866. The van der Waals surface area contributed by atoms with E-state index in [2.05, 4.69) is 59.1 Å². The number of aryl methyl sites for hydroxylation is 3. The fraction of sp³-hybridized carbons (Fsp3) is 0.355. The zero-order valence-electron chi connectivity index (χ0n) is 24.0. The Hall–Kier alpha value is -4.12. The van der Waals surface area contributed by atoms with E-state index >= 15 is 0 Å². The zero-order chi connectivity index (χ0) is 28.9. The van der Waals surface area contributed by atoms with Crippen LogP contribution >= 0.6 is 0 Å². The van der Waals surface area contributed by atoms with Gasteiger partial charge < -0.3 is 25.9 Å². The van der Waals surface area contributed by atoms with Crippen molar-refractivity contribution in [3.63, 3.8) is 0 Å². The van der Waals surface area contributed by atoms with Crippen molar-refractivity contribution >= 4 is 28.6 Å². The Morgan fingerprint density at radius 3 is 2.37 bits per heavy atom. The summed E-state index contributed by atoms with van der Waals surface area (Å²) in [4.78, 5) is 2.07. The number of hydrogen-bond donors (Lipinski definition) is 2. The van der Waals surface area contributed by atoms with Gasteiger partial charge in [0.2, 0.25) is 6.33 Å². The highest BCUT2D eigenvalue weighted by molar-refractivity contribution is 5.51. The molecule has 216 valence electrons. The van der Waals surface area contributed by atoms with Crippen LogP contribution in [0.15, 0.2) is 102 Å². The van der Waals surface area contributed by atoms with Crippen LogP contribution in [0.2, 0.25) is 0 Å². The maximum absolute atomic E-state index is 10.8. The van der Waals surface area contributed by atoms with E-state index in [-0.39, 0.29) is 5.69 Å². The van der Waals surface area contributed by atoms with Gasteiger partial charge >= 0.3 is 5.82 Å². The summed E-state index contributed by atoms with van der Waals surface area (Å²) in [5.41, 5.74) is 3.09. The molecule has 0 bridgehead atoms. The van der Waals surface area contributed by atoms with Crippen LogP contribution in [-0.4, -0.2) is 25.2 Å². The number of nitrogens with one attached hydrogen (secondary N) is 2. The van der Waals surface area contributed by atoms with Gasteiger partial charge in [-0.2, -0.15) is 0 Å². The van der Waals surface area contributed by atoms with E-state index < -0.39 is 5.23 Å². The van der Waals surface area contributed by atoms with E-state index in [0.29, 0.717) is 0 Å². The third-order valence-electron chi connectivity index (χ3n) is 6.91. The summed E-state index contributed by atoms with van der Waals surface area (Å²) < 4.78 is 6.63. The average molecular weight is 558 g/mol. The van der Waals surface area contributed by atoms with Gasteiger partial charge in [0, 0.05) is 56.6 Å². The minimum absolute atomic E-state index is 0.192. The minimum Gasteiger partial charge on any atom is -0.628 e. The van der Waals surface area contributed by atoms with E-state index in [4.69, 9.17) is 0 Å². The van der Waals surface area contributed by atoms with E-state index in [0.717, 1.165) is 68.3 Å². The molecule has 0 aliphatic heterocycles. The van der Waals surface area contributed by atoms with Crippen molar-refractivity contribution in [1.82, 2.24) is 4.57 Å². The molecule has 2 N–H and O–H groups in total. The summed E-state index contributed by atoms with van der Waals surface area (Å²) in [6.45, 7) is 3.68. The van der Waals surface area contributed by atoms with Crippen LogP contribution in [-0.2, 0) is 19.6 Å². The van der Waals surface area contributed by atoms with Gasteiger partial charge in [-0.25, -0.2) is 13.7 Å². The molecule has 2 aromatic heterocycles. The molecule has 0 spiro atoms. The van der Waals surface area contributed by atoms with Gasteiger partial charge in [0.25, 0.3) is 0 Å². The molecular weight excluding hydrogens is 516 g/mol. The number of azo groups is 1. The molecule has 2 aromatic carbocycles. The first-order valence-electron chi connectivity index (χ1n) is 14.3. The number of benzene rings is 2. The number of anilines is 2. The third-order valence-corrected chi connectivity index (χ3v) is 6.91. The van der Waals surface area contributed by atoms with Crippen LogP contribution in [0.5, 0.6) is 0 Å². The molecule has 0 aliphatic carbocycles. The van der Waals surface area contributed by atoms with Gasteiger partial charge in [-0.05, 0) is 73.3 Å². The van der Waals surface area contributed by atoms with Crippen molar-refractivity contribution < 1.29 is 14.4 Å². The number of unbranched alkanes of at least 4 members (excludes halogenated alkanes) is 3. The SMILES string of the molecule is CN(C)c1ccc(N=Nc2cccc[n+]2CCCCCCn2cc[n+](CCCNc3ccc([NH+]([O-])[O-])cc3)c2)cc1. The molecule has 4 rings (SSSR count). The second-order valence-electron chi connectivity index (χ2n) is 10.3. The molecule has 41 heavy (non-hydrogen) atoms. The van der Waals surface area contributed by atoms with Crippen molar-refractivity contribution in [2.75, 3.05) is 30.9 Å². The number of rotatable bonds is 16. The van der Waals surface area contributed by atoms with Gasteiger partial charge in [-0.15, -0.1) is 0 Å². The molecule has 0 aliphatic rings. The monoisotopic (exact) mass is 557 g/mol. The second kappa shape index (κ2) is 15.6. The Kier molecular flexibility index (Phi) is 11.4. The average Bonchev–Trinajstić information content (AvgIpc) is 3.44. The Labute approximate surface area is 242 Å². The molecule has 4 aromatic rings. The van der Waals surface area contributed by atoms with Crippen LogP contribution in [0.25, 0.3) is 0 Å². The minimum atomic E-state index is -1.15. The van der Waals surface area contributed by atoms with Gasteiger partial charge in [0.15, 0.2) is 0 Å². The second-order valence-corrected chi connectivity index (χ2v) is 10.3. The molecule has 0 fully saturated rings. The lowest BCUT2D eigenvalue weighted by atomic mass is 10.2. The number of pyridine rings is 1. The van der Waals surface area contributed by atoms with Gasteiger partial charge in [-0.3, -0.25) is 0 Å². The molecule has 0 atom stereocenters. The number of nitrogens with zero attached hydrogens (tertiary/aromatic N) is 6. The molecular formula is C31H41N8O2+. The van der Waals surface area contributed by atoms with Crippen molar-refractivity contribution in [2.45, 2.75) is 51.7 Å². The molecule has 0 radical (unpaired) electrons. The summed E-state index contributed by atoms with van der Waals surface area (Å²) >= 11 is 0. The van der Waals surface area contributed by atoms with Crippen LogP contribution in [0.4, 0.5) is 28.6 Å². The van der Waals surface area contributed by atoms with Crippen molar-refractivity contribution in [3.8, 4) is 0 Å². The predicted octanol–water partition coefficient (Wildman–Crippen LogP) is 4.82. The first kappa shape index (κ1) is 29.9. The summed E-state index contributed by atoms with van der Waals surface area (Å²) in [6, 6.07) is 20.8. The Balaban J connectivity index is 1.11. The lowest BCUT2D eigenvalue weighted by molar-refractivity contribution is -0.715. The molecule has 0 saturated carbocycles. The maximum Gasteiger partial charge on any atom is 0.350 e. The zero-order valence-corrected chi connectivity index (χ0v) is 24.0. The molecule has 2 heterocycles. The van der Waals surface area contributed by atoms with Crippen LogP contribution in [0.3, 0.4) is 0 Å². The highest BCUT2D eigenvalue weighted by Crippen LogP contribution is 2.20. The van der Waals surface area contributed by atoms with Crippen LogP contribution in [0.1, 0.15) is 32.1 Å². The Morgan fingerprint density at radius 1 is 0.829 bits per heavy atom. The molecule has 0 saturated heterocycles. The molecule has 10 nitrogen and oxygen atoms in total. The smallest absolute Gasteiger partial charge is 0.350 e. The van der Waals surface area contributed by atoms with Gasteiger partial charge in [-0.1, -0.05) is 6.07 Å². The van der Waals surface area contributed by atoms with Crippen LogP contribution in [0, 0.1) is 10.4 Å². The van der Waals surface area contributed by atoms with Gasteiger partial charge in [0.1, 0.15) is 23.8 Å². The number of quaternary nitrogens is 1. The first-order chi connectivity index (χ1) is 20.0. The Morgan fingerprint density at radius 2 is 1.61 bits per heavy atom. The number of hydrogen-bond acceptors (Lipinski definition) is 6. The summed E-state index contributed by atoms with van der Waals surface area (Å²) in [5, 5.41) is 32.8. The normalized spacial score (nSPS) is 11.4. The van der Waals surface area contributed by atoms with Crippen molar-refractivity contribution in [2.24, 2.45) is 10.2 Å². The molecule has 10 heteroatoms. The lowest BCUT2D eigenvalue weighted by Crippen LogP contribution is -2.96. The third kappa shape index (κ3) is 9.78. The van der Waals surface area contributed by atoms with Gasteiger partial charge in [0.05, 0.1) is 30.9 Å². The molecule has 0 unspecified atom stereocenters. The number of aromatic nitrogens is 3. The summed E-state index contributed by atoms with van der Waals surface area (Å²) in [7, 11) is 4.05. The van der Waals surface area contributed by atoms with Crippen molar-refractivity contribution in [3.05, 3.63) is 102 Å². The molecule has 0 amide bonds. The standard InChI is InChI=1S/C31H41N8O2/c1-35(2)29-15-13-28(14-16-29)33-34-31-10-5-8-23-38(31)22-7-4-3-6-20-36-24-25-37(26-36)21-9-19-32-27-11-17-30(18-12-27)39(40)41/h5,8,10-18,23-26,32,39H,3-4,6-7,9,19-22H2,1-2H3/q+1. The highest BCUT2D eigenvalue weighted by atomic mass is 16.8. The highest BCUT2D eigenvalue weighted by Gasteiger charge is 2.09.